The Hall–Kier alpha value is -1.70. The zero-order valence-corrected chi connectivity index (χ0v) is 12.8. The van der Waals surface area contributed by atoms with Gasteiger partial charge in [0.15, 0.2) is 0 Å². The van der Waals surface area contributed by atoms with Crippen LogP contribution >= 0.6 is 15.9 Å². The van der Waals surface area contributed by atoms with Gasteiger partial charge in [-0.1, -0.05) is 13.3 Å². The predicted molar refractivity (Wildman–Crippen MR) is 77.1 cm³/mol. The maximum Gasteiger partial charge on any atom is 0.319 e. The van der Waals surface area contributed by atoms with Gasteiger partial charge in [-0.3, -0.25) is 4.79 Å². The van der Waals surface area contributed by atoms with Gasteiger partial charge in [0, 0.05) is 12.6 Å². The van der Waals surface area contributed by atoms with Crippen LogP contribution in [0.1, 0.15) is 19.8 Å². The van der Waals surface area contributed by atoms with E-state index in [1.807, 2.05) is 6.92 Å². The molecule has 0 aliphatic rings. The lowest BCUT2D eigenvalue weighted by molar-refractivity contribution is -0.141. The fraction of sp³-hybridized carbons (Fsp3) is 0.385. The molecule has 8 heteroatoms. The number of aliphatic carboxylic acids is 1. The van der Waals surface area contributed by atoms with Crippen LogP contribution in [0.5, 0.6) is 0 Å². The van der Waals surface area contributed by atoms with Crippen molar-refractivity contribution >= 4 is 33.6 Å². The molecule has 2 amide bonds. The van der Waals surface area contributed by atoms with Gasteiger partial charge in [-0.2, -0.15) is 0 Å². The van der Waals surface area contributed by atoms with Crippen LogP contribution in [-0.2, 0) is 4.79 Å². The quantitative estimate of drug-likeness (QED) is 0.677. The number of urea groups is 1. The molecule has 5 nitrogen and oxygen atoms in total. The molecule has 0 saturated carbocycles. The molecule has 0 aromatic heterocycles. The molecule has 0 fully saturated rings. The van der Waals surface area contributed by atoms with Crippen LogP contribution in [0.3, 0.4) is 0 Å². The Bertz CT molecular complexity index is 540. The van der Waals surface area contributed by atoms with E-state index in [9.17, 15) is 18.4 Å². The zero-order valence-electron chi connectivity index (χ0n) is 11.3. The van der Waals surface area contributed by atoms with E-state index in [1.165, 1.54) is 0 Å². The third kappa shape index (κ3) is 5.30. The van der Waals surface area contributed by atoms with Gasteiger partial charge < -0.3 is 15.7 Å². The third-order valence-corrected chi connectivity index (χ3v) is 3.36. The van der Waals surface area contributed by atoms with Crippen molar-refractivity contribution in [1.82, 2.24) is 5.32 Å². The first-order valence-corrected chi connectivity index (χ1v) is 7.06. The van der Waals surface area contributed by atoms with Crippen molar-refractivity contribution in [3.63, 3.8) is 0 Å². The number of amides is 2. The molecule has 21 heavy (non-hydrogen) atoms. The number of anilines is 1. The SMILES string of the molecule is CCCC(CNC(=O)Nc1cc(F)c(Br)cc1F)C(=O)O. The first kappa shape index (κ1) is 17.4. The maximum atomic E-state index is 13.5. The van der Waals surface area contributed by atoms with Gasteiger partial charge in [-0.05, 0) is 28.4 Å². The van der Waals surface area contributed by atoms with Crippen molar-refractivity contribution in [3.8, 4) is 0 Å². The third-order valence-electron chi connectivity index (χ3n) is 2.75. The summed E-state index contributed by atoms with van der Waals surface area (Å²) in [6.45, 7) is 1.74. The van der Waals surface area contributed by atoms with Crippen LogP contribution in [0, 0.1) is 17.6 Å². The number of hydrogen-bond donors (Lipinski definition) is 3. The molecule has 1 atom stereocenters. The minimum Gasteiger partial charge on any atom is -0.481 e. The van der Waals surface area contributed by atoms with Gasteiger partial charge in [-0.25, -0.2) is 13.6 Å². The monoisotopic (exact) mass is 364 g/mol. The Kier molecular flexibility index (Phi) is 6.54. The normalized spacial score (nSPS) is 11.8. The van der Waals surface area contributed by atoms with Crippen LogP contribution in [-0.4, -0.2) is 23.7 Å². The minimum absolute atomic E-state index is 0.0557. The highest BCUT2D eigenvalue weighted by Crippen LogP contribution is 2.23. The summed E-state index contributed by atoms with van der Waals surface area (Å²) in [5.74, 6) is -3.26. The summed E-state index contributed by atoms with van der Waals surface area (Å²) < 4.78 is 26.7. The fourth-order valence-corrected chi connectivity index (χ4v) is 1.98. The van der Waals surface area contributed by atoms with E-state index in [-0.39, 0.29) is 16.7 Å². The number of halogens is 3. The molecule has 0 bridgehead atoms. The minimum atomic E-state index is -1.02. The Balaban J connectivity index is 2.62. The molecular weight excluding hydrogens is 350 g/mol. The van der Waals surface area contributed by atoms with Gasteiger partial charge in [0.2, 0.25) is 0 Å². The molecule has 0 heterocycles. The van der Waals surface area contributed by atoms with E-state index in [0.717, 1.165) is 12.1 Å². The highest BCUT2D eigenvalue weighted by Gasteiger charge is 2.18. The molecule has 0 aliphatic heterocycles. The fourth-order valence-electron chi connectivity index (χ4n) is 1.66. The smallest absolute Gasteiger partial charge is 0.319 e. The summed E-state index contributed by atoms with van der Waals surface area (Å²) in [5.41, 5.74) is -0.324. The lowest BCUT2D eigenvalue weighted by Gasteiger charge is -2.13. The van der Waals surface area contributed by atoms with Crippen molar-refractivity contribution in [2.45, 2.75) is 19.8 Å². The van der Waals surface area contributed by atoms with Crippen molar-refractivity contribution in [3.05, 3.63) is 28.2 Å². The maximum absolute atomic E-state index is 13.5. The number of hydrogen-bond acceptors (Lipinski definition) is 2. The number of carboxylic acids is 1. The Morgan fingerprint density at radius 2 is 2.00 bits per heavy atom. The second-order valence-electron chi connectivity index (χ2n) is 4.41. The first-order valence-electron chi connectivity index (χ1n) is 6.27. The summed E-state index contributed by atoms with van der Waals surface area (Å²) in [6.07, 6.45) is 1.07. The van der Waals surface area contributed by atoms with E-state index in [2.05, 4.69) is 26.6 Å². The number of carboxylic acid groups (broad SMARTS) is 1. The predicted octanol–water partition coefficient (Wildman–Crippen LogP) is 3.35. The average molecular weight is 365 g/mol. The second-order valence-corrected chi connectivity index (χ2v) is 5.26. The molecule has 1 aromatic carbocycles. The van der Waals surface area contributed by atoms with Gasteiger partial charge in [0.25, 0.3) is 0 Å². The average Bonchev–Trinajstić information content (AvgIpc) is 2.40. The summed E-state index contributed by atoms with van der Waals surface area (Å²) in [6, 6.07) is 0.930. The van der Waals surface area contributed by atoms with Crippen LogP contribution in [0.25, 0.3) is 0 Å². The lowest BCUT2D eigenvalue weighted by atomic mass is 10.0. The largest absolute Gasteiger partial charge is 0.481 e. The Morgan fingerprint density at radius 3 is 2.57 bits per heavy atom. The molecule has 1 unspecified atom stereocenters. The van der Waals surface area contributed by atoms with Gasteiger partial charge in [-0.15, -0.1) is 0 Å². The van der Waals surface area contributed by atoms with Crippen molar-refractivity contribution in [2.75, 3.05) is 11.9 Å². The standard InChI is InChI=1S/C13H15BrF2N2O3/c1-2-3-7(12(19)20)6-17-13(21)18-11-5-9(15)8(14)4-10(11)16/h4-5,7H,2-3,6H2,1H3,(H,19,20)(H2,17,18,21). The highest BCUT2D eigenvalue weighted by atomic mass is 79.9. The van der Waals surface area contributed by atoms with Gasteiger partial charge in [0.05, 0.1) is 16.1 Å². The molecule has 1 aromatic rings. The van der Waals surface area contributed by atoms with Crippen LogP contribution < -0.4 is 10.6 Å². The molecule has 1 rings (SSSR count). The molecule has 0 radical (unpaired) electrons. The van der Waals surface area contributed by atoms with Crippen molar-refractivity contribution in [2.24, 2.45) is 5.92 Å². The van der Waals surface area contributed by atoms with E-state index in [0.29, 0.717) is 12.8 Å². The van der Waals surface area contributed by atoms with Gasteiger partial charge >= 0.3 is 12.0 Å². The molecule has 0 spiro atoms. The van der Waals surface area contributed by atoms with E-state index in [1.54, 1.807) is 0 Å². The molecule has 3 N–H and O–H groups in total. The molecule has 116 valence electrons. The molecule has 0 aliphatic carbocycles. The number of carbonyl (C=O) groups is 2. The summed E-state index contributed by atoms with van der Waals surface area (Å²) in [5, 5.41) is 13.4. The van der Waals surface area contributed by atoms with Crippen LogP contribution in [0.4, 0.5) is 19.3 Å². The van der Waals surface area contributed by atoms with Crippen LogP contribution in [0.15, 0.2) is 16.6 Å². The topological polar surface area (TPSA) is 78.4 Å². The second kappa shape index (κ2) is 7.92. The van der Waals surface area contributed by atoms with E-state index >= 15 is 0 Å². The van der Waals surface area contributed by atoms with Crippen molar-refractivity contribution < 1.29 is 23.5 Å². The molecule has 0 saturated heterocycles. The van der Waals surface area contributed by atoms with E-state index in [4.69, 9.17) is 5.11 Å². The Morgan fingerprint density at radius 1 is 1.33 bits per heavy atom. The van der Waals surface area contributed by atoms with E-state index < -0.39 is 29.6 Å². The number of carbonyl (C=O) groups excluding carboxylic acids is 1. The van der Waals surface area contributed by atoms with Crippen molar-refractivity contribution in [1.29, 1.82) is 0 Å². The van der Waals surface area contributed by atoms with Crippen LogP contribution in [0.2, 0.25) is 0 Å². The first-order chi connectivity index (χ1) is 9.85. The number of benzene rings is 1. The zero-order chi connectivity index (χ0) is 16.0. The summed E-state index contributed by atoms with van der Waals surface area (Å²) >= 11 is 2.82. The number of nitrogens with one attached hydrogen (secondary N) is 2. The highest BCUT2D eigenvalue weighted by molar-refractivity contribution is 9.10. The number of rotatable bonds is 6. The van der Waals surface area contributed by atoms with Gasteiger partial charge in [0.1, 0.15) is 11.6 Å². The molecular formula is C13H15BrF2N2O3. The summed E-state index contributed by atoms with van der Waals surface area (Å²) in [7, 11) is 0. The summed E-state index contributed by atoms with van der Waals surface area (Å²) in [4.78, 5) is 22.5. The Labute approximate surface area is 128 Å². The lowest BCUT2D eigenvalue weighted by Crippen LogP contribution is -2.36.